The van der Waals surface area contributed by atoms with Gasteiger partial charge in [-0.25, -0.2) is 9.78 Å². The molecule has 3 nitrogen and oxygen atoms in total. The Hall–Kier alpha value is -1.33. The van der Waals surface area contributed by atoms with Crippen LogP contribution in [0.15, 0.2) is 34.7 Å². The molecular weight excluding hydrogens is 266 g/mol. The van der Waals surface area contributed by atoms with E-state index in [0.29, 0.717) is 17.2 Å². The van der Waals surface area contributed by atoms with Gasteiger partial charge in [0.05, 0.1) is 12.3 Å². The molecule has 0 aliphatic carbocycles. The highest BCUT2D eigenvalue weighted by Gasteiger charge is 2.19. The number of hydrogen-bond donors (Lipinski definition) is 0. The first-order valence-electron chi connectivity index (χ1n) is 5.53. The second-order valence-corrected chi connectivity index (χ2v) is 5.50. The molecule has 2 aromatic rings. The minimum Gasteiger partial charge on any atom is -0.462 e. The molecular formula is C13H13NO2S2. The molecule has 1 aromatic heterocycles. The highest BCUT2D eigenvalue weighted by Crippen LogP contribution is 2.32. The molecule has 1 aromatic carbocycles. The first-order chi connectivity index (χ1) is 8.76. The lowest BCUT2D eigenvalue weighted by Crippen LogP contribution is -2.03. The fourth-order valence-corrected chi connectivity index (χ4v) is 2.99. The predicted octanol–water partition coefficient (Wildman–Crippen LogP) is 3.71. The second-order valence-electron chi connectivity index (χ2n) is 3.45. The second kappa shape index (κ2) is 6.02. The van der Waals surface area contributed by atoms with Crippen molar-refractivity contribution in [1.29, 1.82) is 0 Å². The largest absolute Gasteiger partial charge is 0.462 e. The Labute approximate surface area is 114 Å². The maximum absolute atomic E-state index is 11.9. The van der Waals surface area contributed by atoms with Crippen molar-refractivity contribution in [3.8, 4) is 11.3 Å². The van der Waals surface area contributed by atoms with E-state index >= 15 is 0 Å². The number of carbonyl (C=O) groups is 1. The highest BCUT2D eigenvalue weighted by atomic mass is 32.2. The molecule has 0 aliphatic rings. The Balaban J connectivity index is 2.45. The van der Waals surface area contributed by atoms with Crippen LogP contribution in [0.5, 0.6) is 0 Å². The van der Waals surface area contributed by atoms with Crippen molar-refractivity contribution >= 4 is 29.1 Å². The van der Waals surface area contributed by atoms with Crippen LogP contribution in [0.2, 0.25) is 0 Å². The lowest BCUT2D eigenvalue weighted by molar-refractivity contribution is 0.0532. The summed E-state index contributed by atoms with van der Waals surface area (Å²) in [5.74, 6) is -0.297. The first kappa shape index (κ1) is 13.1. The van der Waals surface area contributed by atoms with E-state index in [2.05, 4.69) is 4.98 Å². The van der Waals surface area contributed by atoms with E-state index in [1.807, 2.05) is 36.6 Å². The van der Waals surface area contributed by atoms with E-state index in [-0.39, 0.29) is 5.97 Å². The number of thioether (sulfide) groups is 1. The summed E-state index contributed by atoms with van der Waals surface area (Å²) in [7, 11) is 0. The monoisotopic (exact) mass is 279 g/mol. The third kappa shape index (κ3) is 2.73. The van der Waals surface area contributed by atoms with Crippen LogP contribution in [0.25, 0.3) is 11.3 Å². The molecule has 0 saturated carbocycles. The van der Waals surface area contributed by atoms with Gasteiger partial charge in [0, 0.05) is 5.56 Å². The van der Waals surface area contributed by atoms with Crippen LogP contribution in [-0.4, -0.2) is 23.8 Å². The van der Waals surface area contributed by atoms with Crippen molar-refractivity contribution in [3.63, 3.8) is 0 Å². The van der Waals surface area contributed by atoms with Gasteiger partial charge in [-0.1, -0.05) is 53.4 Å². The standard InChI is InChI=1S/C13H13NO2S2/c1-3-16-12(15)11-10(14-13(17-2)18-11)9-7-5-4-6-8-9/h4-8H,3H2,1-2H3. The number of thiazole rings is 1. The molecule has 0 spiro atoms. The maximum atomic E-state index is 11.9. The summed E-state index contributed by atoms with van der Waals surface area (Å²) in [6.07, 6.45) is 1.95. The van der Waals surface area contributed by atoms with Gasteiger partial charge in [0.2, 0.25) is 0 Å². The van der Waals surface area contributed by atoms with Gasteiger partial charge < -0.3 is 4.74 Å². The van der Waals surface area contributed by atoms with E-state index in [4.69, 9.17) is 4.74 Å². The summed E-state index contributed by atoms with van der Waals surface area (Å²) in [6.45, 7) is 2.18. The summed E-state index contributed by atoms with van der Waals surface area (Å²) < 4.78 is 5.94. The predicted molar refractivity (Wildman–Crippen MR) is 75.3 cm³/mol. The summed E-state index contributed by atoms with van der Waals surface area (Å²) in [5.41, 5.74) is 1.65. The van der Waals surface area contributed by atoms with Crippen molar-refractivity contribution in [3.05, 3.63) is 35.2 Å². The molecule has 5 heteroatoms. The smallest absolute Gasteiger partial charge is 0.350 e. The Morgan fingerprint density at radius 1 is 1.39 bits per heavy atom. The lowest BCUT2D eigenvalue weighted by Gasteiger charge is -2.01. The molecule has 0 N–H and O–H groups in total. The zero-order valence-corrected chi connectivity index (χ0v) is 11.8. The molecule has 1 heterocycles. The third-order valence-electron chi connectivity index (χ3n) is 2.29. The van der Waals surface area contributed by atoms with Crippen molar-refractivity contribution in [2.45, 2.75) is 11.3 Å². The van der Waals surface area contributed by atoms with E-state index in [1.165, 1.54) is 23.1 Å². The number of ether oxygens (including phenoxy) is 1. The van der Waals surface area contributed by atoms with E-state index in [9.17, 15) is 4.79 Å². The zero-order valence-electron chi connectivity index (χ0n) is 10.2. The fourth-order valence-electron chi connectivity index (χ4n) is 1.51. The van der Waals surface area contributed by atoms with Gasteiger partial charge in [-0.05, 0) is 13.2 Å². The minimum absolute atomic E-state index is 0.297. The van der Waals surface area contributed by atoms with Gasteiger partial charge in [0.15, 0.2) is 4.34 Å². The summed E-state index contributed by atoms with van der Waals surface area (Å²) in [5, 5.41) is 0. The van der Waals surface area contributed by atoms with Gasteiger partial charge >= 0.3 is 5.97 Å². The number of hydrogen-bond acceptors (Lipinski definition) is 5. The van der Waals surface area contributed by atoms with Gasteiger partial charge in [0.1, 0.15) is 4.88 Å². The van der Waals surface area contributed by atoms with Crippen LogP contribution in [0.1, 0.15) is 16.6 Å². The molecule has 0 radical (unpaired) electrons. The summed E-state index contributed by atoms with van der Waals surface area (Å²) in [6, 6.07) is 9.70. The first-order valence-corrected chi connectivity index (χ1v) is 7.57. The van der Waals surface area contributed by atoms with Crippen LogP contribution in [0, 0.1) is 0 Å². The van der Waals surface area contributed by atoms with E-state index in [1.54, 1.807) is 6.92 Å². The van der Waals surface area contributed by atoms with E-state index < -0.39 is 0 Å². The Morgan fingerprint density at radius 2 is 2.11 bits per heavy atom. The van der Waals surface area contributed by atoms with Crippen LogP contribution in [0.3, 0.4) is 0 Å². The number of esters is 1. The number of nitrogens with zero attached hydrogens (tertiary/aromatic N) is 1. The molecule has 0 amide bonds. The Morgan fingerprint density at radius 3 is 2.72 bits per heavy atom. The molecule has 94 valence electrons. The van der Waals surface area contributed by atoms with Crippen molar-refractivity contribution < 1.29 is 9.53 Å². The maximum Gasteiger partial charge on any atom is 0.350 e. The van der Waals surface area contributed by atoms with E-state index in [0.717, 1.165) is 9.90 Å². The average Bonchev–Trinajstić information content (AvgIpc) is 2.84. The number of rotatable bonds is 4. The number of carbonyl (C=O) groups excluding carboxylic acids is 1. The SMILES string of the molecule is CCOC(=O)c1sc(SC)nc1-c1ccccc1. The van der Waals surface area contributed by atoms with Gasteiger partial charge in [-0.3, -0.25) is 0 Å². The summed E-state index contributed by atoms with van der Waals surface area (Å²) in [4.78, 5) is 17.0. The number of benzene rings is 1. The van der Waals surface area contributed by atoms with Crippen molar-refractivity contribution in [2.75, 3.05) is 12.9 Å². The molecule has 0 saturated heterocycles. The van der Waals surface area contributed by atoms with Gasteiger partial charge in [-0.15, -0.1) is 0 Å². The molecule has 0 unspecified atom stereocenters. The van der Waals surface area contributed by atoms with Crippen LogP contribution < -0.4 is 0 Å². The van der Waals surface area contributed by atoms with Crippen molar-refractivity contribution in [2.24, 2.45) is 0 Å². The molecule has 18 heavy (non-hydrogen) atoms. The molecule has 0 bridgehead atoms. The topological polar surface area (TPSA) is 39.2 Å². The Kier molecular flexibility index (Phi) is 4.38. The zero-order chi connectivity index (χ0) is 13.0. The fraction of sp³-hybridized carbons (Fsp3) is 0.231. The minimum atomic E-state index is -0.297. The van der Waals surface area contributed by atoms with Crippen molar-refractivity contribution in [1.82, 2.24) is 4.98 Å². The average molecular weight is 279 g/mol. The molecule has 0 fully saturated rings. The summed E-state index contributed by atoms with van der Waals surface area (Å²) >= 11 is 2.91. The van der Waals surface area contributed by atoms with Gasteiger partial charge in [0.25, 0.3) is 0 Å². The molecule has 2 rings (SSSR count). The third-order valence-corrected chi connectivity index (χ3v) is 4.31. The normalized spacial score (nSPS) is 10.3. The molecule has 0 aliphatic heterocycles. The lowest BCUT2D eigenvalue weighted by atomic mass is 10.1. The highest BCUT2D eigenvalue weighted by molar-refractivity contribution is 8.00. The van der Waals surface area contributed by atoms with Crippen LogP contribution >= 0.6 is 23.1 Å². The molecule has 0 atom stereocenters. The van der Waals surface area contributed by atoms with Crippen LogP contribution in [0.4, 0.5) is 0 Å². The Bertz CT molecular complexity index is 537. The quantitative estimate of drug-likeness (QED) is 0.632. The number of aromatic nitrogens is 1. The van der Waals surface area contributed by atoms with Gasteiger partial charge in [-0.2, -0.15) is 0 Å². The van der Waals surface area contributed by atoms with Crippen LogP contribution in [-0.2, 0) is 4.74 Å².